The van der Waals surface area contributed by atoms with Crippen LogP contribution in [0.1, 0.15) is 57.1 Å². The first-order valence-electron chi connectivity index (χ1n) is 11.3. The van der Waals surface area contributed by atoms with Gasteiger partial charge < -0.3 is 10.1 Å². The van der Waals surface area contributed by atoms with Crippen molar-refractivity contribution in [1.29, 1.82) is 0 Å². The Kier molecular flexibility index (Phi) is 5.24. The van der Waals surface area contributed by atoms with E-state index in [4.69, 9.17) is 4.74 Å². The Balaban J connectivity index is 1.24. The standard InChI is InChI=1S/C23H29N5O3/c1-15(21(29)25-23-11-17-7-18(12-23)9-19(8-17)13-23)31-22(30)20(28-14-24-26-27-28)10-16-5-3-2-4-6-16/h2-6,14-15,17-20H,7-13H2,1H3,(H,25,29)/t15-,17?,18?,19?,20+,23?/m0/s1. The average Bonchev–Trinajstić information content (AvgIpc) is 3.25. The second-order valence-electron chi connectivity index (χ2n) is 9.76. The van der Waals surface area contributed by atoms with Gasteiger partial charge in [-0.2, -0.15) is 0 Å². The monoisotopic (exact) mass is 423 g/mol. The molecule has 164 valence electrons. The summed E-state index contributed by atoms with van der Waals surface area (Å²) in [6.45, 7) is 1.65. The van der Waals surface area contributed by atoms with E-state index in [1.807, 2.05) is 30.3 Å². The SMILES string of the molecule is C[C@H](OC(=O)[C@@H](Cc1ccccc1)n1cnnn1)C(=O)NC12CC3CC(CC(C3)C1)C2. The van der Waals surface area contributed by atoms with Crippen LogP contribution in [0.5, 0.6) is 0 Å². The molecule has 1 aromatic carbocycles. The predicted octanol–water partition coefficient (Wildman–Crippen LogP) is 2.47. The first-order valence-corrected chi connectivity index (χ1v) is 11.3. The van der Waals surface area contributed by atoms with Gasteiger partial charge in [0.15, 0.2) is 12.1 Å². The number of rotatable bonds is 7. The Morgan fingerprint density at radius 2 is 1.77 bits per heavy atom. The van der Waals surface area contributed by atoms with Crippen molar-refractivity contribution in [2.75, 3.05) is 0 Å². The Morgan fingerprint density at radius 3 is 2.35 bits per heavy atom. The molecule has 8 heteroatoms. The number of nitrogens with zero attached hydrogens (tertiary/aromatic N) is 4. The average molecular weight is 424 g/mol. The zero-order valence-electron chi connectivity index (χ0n) is 17.8. The highest BCUT2D eigenvalue weighted by Crippen LogP contribution is 2.55. The Hall–Kier alpha value is -2.77. The van der Waals surface area contributed by atoms with Gasteiger partial charge in [-0.3, -0.25) is 4.79 Å². The predicted molar refractivity (Wildman–Crippen MR) is 112 cm³/mol. The molecule has 1 amide bonds. The molecule has 31 heavy (non-hydrogen) atoms. The third-order valence-electron chi connectivity index (χ3n) is 7.32. The number of hydrogen-bond acceptors (Lipinski definition) is 6. The van der Waals surface area contributed by atoms with Crippen LogP contribution >= 0.6 is 0 Å². The molecule has 2 atom stereocenters. The van der Waals surface area contributed by atoms with Crippen LogP contribution in [0.3, 0.4) is 0 Å². The van der Waals surface area contributed by atoms with Crippen molar-refractivity contribution < 1.29 is 14.3 Å². The molecule has 1 aromatic heterocycles. The van der Waals surface area contributed by atoms with Gasteiger partial charge in [-0.15, -0.1) is 5.10 Å². The van der Waals surface area contributed by atoms with Gasteiger partial charge in [0.25, 0.3) is 5.91 Å². The highest BCUT2D eigenvalue weighted by atomic mass is 16.5. The molecule has 0 saturated heterocycles. The molecule has 6 rings (SSSR count). The summed E-state index contributed by atoms with van der Waals surface area (Å²) in [5, 5.41) is 14.5. The maximum Gasteiger partial charge on any atom is 0.332 e. The molecule has 0 spiro atoms. The number of carbonyl (C=O) groups excluding carboxylic acids is 2. The van der Waals surface area contributed by atoms with E-state index in [1.165, 1.54) is 30.3 Å². The van der Waals surface area contributed by atoms with Crippen molar-refractivity contribution in [2.24, 2.45) is 17.8 Å². The van der Waals surface area contributed by atoms with E-state index in [1.54, 1.807) is 6.92 Å². The summed E-state index contributed by atoms with van der Waals surface area (Å²) in [6, 6.07) is 8.90. The number of nitrogens with one attached hydrogen (secondary N) is 1. The molecule has 4 aliphatic carbocycles. The van der Waals surface area contributed by atoms with Crippen LogP contribution in [0.4, 0.5) is 0 Å². The van der Waals surface area contributed by atoms with Crippen molar-refractivity contribution in [1.82, 2.24) is 25.5 Å². The lowest BCUT2D eigenvalue weighted by molar-refractivity contribution is -0.160. The van der Waals surface area contributed by atoms with Crippen molar-refractivity contribution in [3.05, 3.63) is 42.2 Å². The lowest BCUT2D eigenvalue weighted by Gasteiger charge is -2.57. The van der Waals surface area contributed by atoms with E-state index < -0.39 is 18.1 Å². The fraction of sp³-hybridized carbons (Fsp3) is 0.609. The molecule has 0 radical (unpaired) electrons. The molecule has 1 heterocycles. The molecule has 0 unspecified atom stereocenters. The van der Waals surface area contributed by atoms with Crippen LogP contribution in [-0.2, 0) is 20.7 Å². The van der Waals surface area contributed by atoms with Crippen LogP contribution in [0.2, 0.25) is 0 Å². The summed E-state index contributed by atoms with van der Waals surface area (Å²) in [6.07, 6.45) is 8.04. The molecular weight excluding hydrogens is 394 g/mol. The van der Waals surface area contributed by atoms with E-state index >= 15 is 0 Å². The Labute approximate surface area is 181 Å². The Morgan fingerprint density at radius 1 is 1.13 bits per heavy atom. The maximum absolute atomic E-state index is 13.0. The highest BCUT2D eigenvalue weighted by Gasteiger charge is 2.51. The summed E-state index contributed by atoms with van der Waals surface area (Å²) in [4.78, 5) is 26.0. The van der Waals surface area contributed by atoms with E-state index in [0.29, 0.717) is 6.42 Å². The molecule has 4 fully saturated rings. The smallest absolute Gasteiger partial charge is 0.332 e. The summed E-state index contributed by atoms with van der Waals surface area (Å²) in [5.41, 5.74) is 0.858. The largest absolute Gasteiger partial charge is 0.451 e. The molecule has 1 N–H and O–H groups in total. The minimum atomic E-state index is -0.866. The lowest BCUT2D eigenvalue weighted by atomic mass is 9.53. The number of aromatic nitrogens is 4. The normalized spacial score (nSPS) is 30.5. The molecular formula is C23H29N5O3. The van der Waals surface area contributed by atoms with E-state index in [2.05, 4.69) is 20.8 Å². The van der Waals surface area contributed by atoms with Gasteiger partial charge in [0.2, 0.25) is 0 Å². The third-order valence-corrected chi connectivity index (χ3v) is 7.32. The van der Waals surface area contributed by atoms with Gasteiger partial charge in [-0.05, 0) is 79.2 Å². The van der Waals surface area contributed by atoms with Crippen LogP contribution in [0, 0.1) is 17.8 Å². The van der Waals surface area contributed by atoms with Crippen LogP contribution in [0.15, 0.2) is 36.7 Å². The quantitative estimate of drug-likeness (QED) is 0.687. The second kappa shape index (κ2) is 8.05. The van der Waals surface area contributed by atoms with E-state index in [0.717, 1.165) is 42.6 Å². The molecule has 4 bridgehead atoms. The third kappa shape index (κ3) is 4.20. The second-order valence-corrected chi connectivity index (χ2v) is 9.76. The van der Waals surface area contributed by atoms with Gasteiger partial charge >= 0.3 is 5.97 Å². The van der Waals surface area contributed by atoms with Crippen molar-refractivity contribution in [3.63, 3.8) is 0 Å². The van der Waals surface area contributed by atoms with Gasteiger partial charge in [0.1, 0.15) is 6.33 Å². The minimum absolute atomic E-state index is 0.105. The summed E-state index contributed by atoms with van der Waals surface area (Å²) >= 11 is 0. The molecule has 2 aromatic rings. The number of amides is 1. The van der Waals surface area contributed by atoms with Gasteiger partial charge in [-0.25, -0.2) is 9.48 Å². The fourth-order valence-corrected chi connectivity index (χ4v) is 6.37. The number of benzene rings is 1. The minimum Gasteiger partial charge on any atom is -0.451 e. The van der Waals surface area contributed by atoms with Crippen molar-refractivity contribution in [3.8, 4) is 0 Å². The van der Waals surface area contributed by atoms with Crippen LogP contribution in [-0.4, -0.2) is 43.7 Å². The summed E-state index contributed by atoms with van der Waals surface area (Å²) in [5.74, 6) is 1.49. The van der Waals surface area contributed by atoms with Crippen LogP contribution < -0.4 is 5.32 Å². The van der Waals surface area contributed by atoms with Crippen molar-refractivity contribution in [2.45, 2.75) is 69.6 Å². The topological polar surface area (TPSA) is 99.0 Å². The van der Waals surface area contributed by atoms with E-state index in [-0.39, 0.29) is 11.4 Å². The van der Waals surface area contributed by atoms with Gasteiger partial charge in [0.05, 0.1) is 0 Å². The number of hydrogen-bond donors (Lipinski definition) is 1. The number of ether oxygens (including phenoxy) is 1. The Bertz CT molecular complexity index is 895. The summed E-state index contributed by atoms with van der Waals surface area (Å²) < 4.78 is 7.00. The number of esters is 1. The first-order chi connectivity index (χ1) is 15.0. The number of carbonyl (C=O) groups is 2. The zero-order valence-corrected chi connectivity index (χ0v) is 17.8. The highest BCUT2D eigenvalue weighted by molar-refractivity contribution is 5.85. The summed E-state index contributed by atoms with van der Waals surface area (Å²) in [7, 11) is 0. The van der Waals surface area contributed by atoms with Gasteiger partial charge in [-0.1, -0.05) is 30.3 Å². The van der Waals surface area contributed by atoms with Crippen LogP contribution in [0.25, 0.3) is 0 Å². The van der Waals surface area contributed by atoms with Crippen molar-refractivity contribution >= 4 is 11.9 Å². The molecule has 4 aliphatic rings. The maximum atomic E-state index is 13.0. The molecule has 4 saturated carbocycles. The first kappa shape index (κ1) is 20.2. The zero-order chi connectivity index (χ0) is 21.4. The number of tetrazole rings is 1. The molecule has 0 aliphatic heterocycles. The van der Waals surface area contributed by atoms with E-state index in [9.17, 15) is 9.59 Å². The fourth-order valence-electron chi connectivity index (χ4n) is 6.37. The van der Waals surface area contributed by atoms with Gasteiger partial charge in [0, 0.05) is 12.0 Å². The molecule has 8 nitrogen and oxygen atoms in total. The lowest BCUT2D eigenvalue weighted by Crippen LogP contribution is -2.61.